The average molecular weight is 317 g/mol. The molecule has 1 aromatic heterocycles. The maximum Gasteiger partial charge on any atom is 0.315 e. The van der Waals surface area contributed by atoms with Crippen molar-refractivity contribution in [2.75, 3.05) is 6.54 Å². The smallest absolute Gasteiger partial charge is 0.315 e. The first-order valence-corrected chi connectivity index (χ1v) is 7.65. The van der Waals surface area contributed by atoms with Crippen LogP contribution in [0.5, 0.6) is 0 Å². The minimum Gasteiger partial charge on any atom is -0.392 e. The number of aromatic nitrogens is 1. The van der Waals surface area contributed by atoms with Gasteiger partial charge in [-0.3, -0.25) is 0 Å². The topological polar surface area (TPSA) is 87.4 Å². The second kappa shape index (κ2) is 7.78. The predicted octanol–water partition coefficient (Wildman–Crippen LogP) is 2.39. The molecular weight excluding hydrogens is 294 g/mol. The zero-order valence-electron chi connectivity index (χ0n) is 13.7. The SMILES string of the molecule is Cc1noc(C)c1C(C)CNC(=O)NCc1ccccc1CO. The third-order valence-corrected chi connectivity index (χ3v) is 3.88. The number of hydrogen-bond donors (Lipinski definition) is 3. The number of carbonyl (C=O) groups is 1. The van der Waals surface area contributed by atoms with E-state index in [1.807, 2.05) is 45.0 Å². The Morgan fingerprint density at radius 1 is 1.26 bits per heavy atom. The fourth-order valence-electron chi connectivity index (χ4n) is 2.66. The van der Waals surface area contributed by atoms with Crippen LogP contribution in [-0.4, -0.2) is 22.8 Å². The molecule has 23 heavy (non-hydrogen) atoms. The Labute approximate surface area is 135 Å². The van der Waals surface area contributed by atoms with E-state index in [0.717, 1.165) is 28.1 Å². The Morgan fingerprint density at radius 3 is 2.57 bits per heavy atom. The van der Waals surface area contributed by atoms with Crippen LogP contribution in [-0.2, 0) is 13.2 Å². The van der Waals surface area contributed by atoms with Crippen LogP contribution in [0.1, 0.15) is 41.0 Å². The van der Waals surface area contributed by atoms with Crippen molar-refractivity contribution < 1.29 is 14.4 Å². The fraction of sp³-hybridized carbons (Fsp3) is 0.412. The van der Waals surface area contributed by atoms with Crippen LogP contribution in [0.3, 0.4) is 0 Å². The van der Waals surface area contributed by atoms with E-state index in [-0.39, 0.29) is 18.6 Å². The highest BCUT2D eigenvalue weighted by atomic mass is 16.5. The van der Waals surface area contributed by atoms with Gasteiger partial charge in [0.2, 0.25) is 0 Å². The molecule has 1 heterocycles. The maximum atomic E-state index is 11.9. The number of nitrogens with one attached hydrogen (secondary N) is 2. The van der Waals surface area contributed by atoms with Gasteiger partial charge in [0.15, 0.2) is 0 Å². The Bertz CT molecular complexity index is 647. The average Bonchev–Trinajstić information content (AvgIpc) is 2.89. The molecular formula is C17H23N3O3. The summed E-state index contributed by atoms with van der Waals surface area (Å²) in [5.74, 6) is 0.908. The van der Waals surface area contributed by atoms with Gasteiger partial charge in [-0.05, 0) is 25.0 Å². The molecule has 0 aliphatic rings. The summed E-state index contributed by atoms with van der Waals surface area (Å²) >= 11 is 0. The molecule has 124 valence electrons. The van der Waals surface area contributed by atoms with E-state index in [1.165, 1.54) is 0 Å². The van der Waals surface area contributed by atoms with Crippen molar-refractivity contribution >= 4 is 6.03 Å². The molecule has 0 saturated carbocycles. The highest BCUT2D eigenvalue weighted by Crippen LogP contribution is 2.22. The molecule has 0 aliphatic heterocycles. The number of urea groups is 1. The lowest BCUT2D eigenvalue weighted by Crippen LogP contribution is -2.37. The third kappa shape index (κ3) is 4.32. The first-order chi connectivity index (χ1) is 11.0. The van der Waals surface area contributed by atoms with Gasteiger partial charge < -0.3 is 20.3 Å². The lowest BCUT2D eigenvalue weighted by Gasteiger charge is -2.14. The zero-order valence-corrected chi connectivity index (χ0v) is 13.7. The van der Waals surface area contributed by atoms with Crippen LogP contribution in [0.15, 0.2) is 28.8 Å². The highest BCUT2D eigenvalue weighted by Gasteiger charge is 2.17. The van der Waals surface area contributed by atoms with Crippen LogP contribution in [0, 0.1) is 13.8 Å². The fourth-order valence-corrected chi connectivity index (χ4v) is 2.66. The number of rotatable bonds is 6. The van der Waals surface area contributed by atoms with E-state index in [9.17, 15) is 9.90 Å². The molecule has 1 unspecified atom stereocenters. The summed E-state index contributed by atoms with van der Waals surface area (Å²) in [5.41, 5.74) is 3.62. The second-order valence-corrected chi connectivity index (χ2v) is 5.63. The first-order valence-electron chi connectivity index (χ1n) is 7.65. The number of amides is 2. The van der Waals surface area contributed by atoms with E-state index in [4.69, 9.17) is 4.52 Å². The van der Waals surface area contributed by atoms with Crippen molar-refractivity contribution in [3.05, 3.63) is 52.4 Å². The van der Waals surface area contributed by atoms with Crippen LogP contribution in [0.4, 0.5) is 4.79 Å². The molecule has 0 aliphatic carbocycles. The number of carbonyl (C=O) groups excluding carboxylic acids is 1. The number of aliphatic hydroxyl groups excluding tert-OH is 1. The van der Waals surface area contributed by atoms with E-state index >= 15 is 0 Å². The van der Waals surface area contributed by atoms with Crippen molar-refractivity contribution in [2.24, 2.45) is 0 Å². The number of benzene rings is 1. The Hall–Kier alpha value is -2.34. The molecule has 3 N–H and O–H groups in total. The molecule has 2 rings (SSSR count). The Balaban J connectivity index is 1.83. The molecule has 6 heteroatoms. The zero-order chi connectivity index (χ0) is 16.8. The van der Waals surface area contributed by atoms with Crippen molar-refractivity contribution in [3.8, 4) is 0 Å². The van der Waals surface area contributed by atoms with Crippen LogP contribution in [0.25, 0.3) is 0 Å². The predicted molar refractivity (Wildman–Crippen MR) is 87.0 cm³/mol. The van der Waals surface area contributed by atoms with Gasteiger partial charge in [0.1, 0.15) is 5.76 Å². The van der Waals surface area contributed by atoms with Gasteiger partial charge in [-0.2, -0.15) is 0 Å². The van der Waals surface area contributed by atoms with Gasteiger partial charge in [-0.25, -0.2) is 4.79 Å². The maximum absolute atomic E-state index is 11.9. The minimum absolute atomic E-state index is 0.0391. The summed E-state index contributed by atoms with van der Waals surface area (Å²) in [4.78, 5) is 11.9. The summed E-state index contributed by atoms with van der Waals surface area (Å²) in [6.07, 6.45) is 0. The molecule has 0 spiro atoms. The van der Waals surface area contributed by atoms with E-state index in [0.29, 0.717) is 13.1 Å². The van der Waals surface area contributed by atoms with E-state index < -0.39 is 0 Å². The lowest BCUT2D eigenvalue weighted by molar-refractivity contribution is 0.239. The second-order valence-electron chi connectivity index (χ2n) is 5.63. The number of aliphatic hydroxyl groups is 1. The van der Waals surface area contributed by atoms with Gasteiger partial charge in [0.25, 0.3) is 0 Å². The van der Waals surface area contributed by atoms with Crippen molar-refractivity contribution in [2.45, 2.75) is 39.8 Å². The van der Waals surface area contributed by atoms with Crippen molar-refractivity contribution in [1.82, 2.24) is 15.8 Å². The van der Waals surface area contributed by atoms with Crippen LogP contribution >= 0.6 is 0 Å². The monoisotopic (exact) mass is 317 g/mol. The van der Waals surface area contributed by atoms with Crippen molar-refractivity contribution in [3.63, 3.8) is 0 Å². The summed E-state index contributed by atoms with van der Waals surface area (Å²) < 4.78 is 5.15. The van der Waals surface area contributed by atoms with Gasteiger partial charge >= 0.3 is 6.03 Å². The van der Waals surface area contributed by atoms with Crippen LogP contribution < -0.4 is 10.6 Å². The largest absolute Gasteiger partial charge is 0.392 e. The summed E-state index contributed by atoms with van der Waals surface area (Å²) in [6, 6.07) is 7.23. The molecule has 1 atom stereocenters. The lowest BCUT2D eigenvalue weighted by atomic mass is 10.00. The summed E-state index contributed by atoms with van der Waals surface area (Å²) in [7, 11) is 0. The normalized spacial score (nSPS) is 12.0. The number of hydrogen-bond acceptors (Lipinski definition) is 4. The van der Waals surface area contributed by atoms with Gasteiger partial charge in [0, 0.05) is 24.6 Å². The quantitative estimate of drug-likeness (QED) is 0.763. The molecule has 0 bridgehead atoms. The van der Waals surface area contributed by atoms with Gasteiger partial charge in [-0.15, -0.1) is 0 Å². The molecule has 0 saturated heterocycles. The Kier molecular flexibility index (Phi) is 5.76. The molecule has 2 aromatic rings. The van der Waals surface area contributed by atoms with Gasteiger partial charge in [0.05, 0.1) is 12.3 Å². The van der Waals surface area contributed by atoms with E-state index in [1.54, 1.807) is 0 Å². The number of nitrogens with zero attached hydrogens (tertiary/aromatic N) is 1. The summed E-state index contributed by atoms with van der Waals surface area (Å²) in [5, 5.41) is 18.9. The molecule has 0 radical (unpaired) electrons. The first kappa shape index (κ1) is 17.0. The molecule has 6 nitrogen and oxygen atoms in total. The molecule has 0 fully saturated rings. The summed E-state index contributed by atoms with van der Waals surface area (Å²) in [6.45, 7) is 6.63. The minimum atomic E-state index is -0.239. The standard InChI is InChI=1S/C17H23N3O3/c1-11(16-12(2)20-23-13(16)3)8-18-17(22)19-9-14-6-4-5-7-15(14)10-21/h4-7,11,21H,8-10H2,1-3H3,(H2,18,19,22). The highest BCUT2D eigenvalue weighted by molar-refractivity contribution is 5.73. The molecule has 1 aromatic carbocycles. The molecule has 2 amide bonds. The third-order valence-electron chi connectivity index (χ3n) is 3.88. The number of aryl methyl sites for hydroxylation is 2. The van der Waals surface area contributed by atoms with Crippen molar-refractivity contribution in [1.29, 1.82) is 0 Å². The van der Waals surface area contributed by atoms with E-state index in [2.05, 4.69) is 15.8 Å². The Morgan fingerprint density at radius 2 is 1.96 bits per heavy atom. The van der Waals surface area contributed by atoms with Gasteiger partial charge in [-0.1, -0.05) is 36.3 Å². The van der Waals surface area contributed by atoms with Crippen LogP contribution in [0.2, 0.25) is 0 Å².